The van der Waals surface area contributed by atoms with Gasteiger partial charge in [0.15, 0.2) is 5.78 Å². The van der Waals surface area contributed by atoms with Crippen molar-refractivity contribution in [3.63, 3.8) is 0 Å². The molecule has 1 aromatic carbocycles. The lowest BCUT2D eigenvalue weighted by molar-refractivity contribution is -0.172. The van der Waals surface area contributed by atoms with Gasteiger partial charge in [-0.15, -0.1) is 0 Å². The molecule has 1 aromatic heterocycles. The number of aromatic nitrogens is 1. The van der Waals surface area contributed by atoms with Gasteiger partial charge in [0.2, 0.25) is 0 Å². The lowest BCUT2D eigenvalue weighted by Crippen LogP contribution is -2.52. The zero-order valence-electron chi connectivity index (χ0n) is 14.8. The van der Waals surface area contributed by atoms with E-state index in [2.05, 4.69) is 25.8 Å². The van der Waals surface area contributed by atoms with Crippen molar-refractivity contribution in [3.8, 4) is 0 Å². The van der Waals surface area contributed by atoms with Crippen molar-refractivity contribution in [1.29, 1.82) is 0 Å². The highest BCUT2D eigenvalue weighted by Gasteiger charge is 2.43. The van der Waals surface area contributed by atoms with E-state index in [1.54, 1.807) is 6.07 Å². The monoisotopic (exact) mass is 417 g/mol. The number of rotatable bonds is 4. The molecule has 2 atom stereocenters. The third kappa shape index (κ3) is 3.37. The number of carbonyl (C=O) groups is 2. The first-order valence-electron chi connectivity index (χ1n) is 8.27. The van der Waals surface area contributed by atoms with Crippen LogP contribution in [0.5, 0.6) is 0 Å². The van der Waals surface area contributed by atoms with Gasteiger partial charge in [-0.2, -0.15) is 0 Å². The van der Waals surface area contributed by atoms with Gasteiger partial charge in [0.1, 0.15) is 10.5 Å². The van der Waals surface area contributed by atoms with E-state index in [4.69, 9.17) is 4.84 Å². The van der Waals surface area contributed by atoms with Crippen LogP contribution in [0.25, 0.3) is 0 Å². The molecule has 0 aliphatic carbocycles. The molecule has 0 saturated heterocycles. The third-order valence-corrected chi connectivity index (χ3v) is 5.13. The number of ketones is 1. The summed E-state index contributed by atoms with van der Waals surface area (Å²) in [6.45, 7) is 2.38. The molecular weight excluding hydrogens is 398 g/mol. The lowest BCUT2D eigenvalue weighted by atomic mass is 9.84. The fourth-order valence-corrected chi connectivity index (χ4v) is 3.65. The van der Waals surface area contributed by atoms with Crippen molar-refractivity contribution in [1.82, 2.24) is 10.0 Å². The highest BCUT2D eigenvalue weighted by atomic mass is 79.9. The molecule has 0 fully saturated rings. The van der Waals surface area contributed by atoms with E-state index in [9.17, 15) is 9.59 Å². The van der Waals surface area contributed by atoms with Crippen LogP contribution in [-0.4, -0.2) is 41.9 Å². The number of pyridine rings is 1. The van der Waals surface area contributed by atoms with Gasteiger partial charge in [-0.1, -0.05) is 18.2 Å². The number of hydrogen-bond donors (Lipinski definition) is 0. The molecule has 3 rings (SSSR count). The Hall–Kier alpha value is -2.25. The number of nitrogens with zero attached hydrogens (tertiary/aromatic N) is 3. The summed E-state index contributed by atoms with van der Waals surface area (Å²) < 4.78 is 0.746. The predicted molar refractivity (Wildman–Crippen MR) is 102 cm³/mol. The Bertz CT molecular complexity index is 842. The van der Waals surface area contributed by atoms with E-state index < -0.39 is 5.92 Å². The van der Waals surface area contributed by atoms with E-state index in [0.29, 0.717) is 12.1 Å². The van der Waals surface area contributed by atoms with Gasteiger partial charge in [0.25, 0.3) is 5.91 Å². The molecule has 1 aliphatic rings. The number of hydrogen-bond acceptors (Lipinski definition) is 5. The topological polar surface area (TPSA) is 62.7 Å². The Labute approximate surface area is 160 Å². The smallest absolute Gasteiger partial charge is 0.258 e. The van der Waals surface area contributed by atoms with Gasteiger partial charge in [-0.25, -0.2) is 10.0 Å². The van der Waals surface area contributed by atoms with Crippen molar-refractivity contribution >= 4 is 33.3 Å². The average molecular weight is 418 g/mol. The average Bonchev–Trinajstić information content (AvgIpc) is 2.64. The van der Waals surface area contributed by atoms with Gasteiger partial charge >= 0.3 is 0 Å². The minimum Gasteiger partial charge on any atom is -0.361 e. The largest absolute Gasteiger partial charge is 0.361 e. The highest BCUT2D eigenvalue weighted by Crippen LogP contribution is 2.35. The van der Waals surface area contributed by atoms with Crippen molar-refractivity contribution in [2.45, 2.75) is 19.5 Å². The molecule has 2 unspecified atom stereocenters. The van der Waals surface area contributed by atoms with E-state index in [1.165, 1.54) is 14.2 Å². The van der Waals surface area contributed by atoms with Gasteiger partial charge in [-0.05, 0) is 47.1 Å². The molecule has 0 spiro atoms. The fraction of sp³-hybridized carbons (Fsp3) is 0.316. The summed E-state index contributed by atoms with van der Waals surface area (Å²) in [5, 5.41) is 1.11. The Balaban J connectivity index is 2.03. The van der Waals surface area contributed by atoms with Crippen molar-refractivity contribution in [3.05, 3.63) is 58.3 Å². The Morgan fingerprint density at radius 3 is 2.69 bits per heavy atom. The van der Waals surface area contributed by atoms with Gasteiger partial charge in [0, 0.05) is 24.3 Å². The van der Waals surface area contributed by atoms with Crippen LogP contribution in [0.2, 0.25) is 0 Å². The molecule has 0 saturated carbocycles. The van der Waals surface area contributed by atoms with Crippen LogP contribution in [0, 0.1) is 5.92 Å². The number of halogens is 1. The van der Waals surface area contributed by atoms with Crippen LogP contribution >= 0.6 is 15.9 Å². The van der Waals surface area contributed by atoms with E-state index >= 15 is 0 Å². The maximum atomic E-state index is 13.0. The summed E-state index contributed by atoms with van der Waals surface area (Å²) in [6, 6.07) is 12.7. The van der Waals surface area contributed by atoms with Crippen molar-refractivity contribution < 1.29 is 14.4 Å². The zero-order chi connectivity index (χ0) is 18.8. The first-order chi connectivity index (χ1) is 12.4. The molecule has 0 N–H and O–H groups in total. The Morgan fingerprint density at radius 2 is 2.00 bits per heavy atom. The summed E-state index contributed by atoms with van der Waals surface area (Å²) >= 11 is 3.39. The number of Topliss-reactive ketones (excluding diaryl/α,β-unsaturated/α-hetero) is 1. The SMILES string of the molecule is CON(C)C(=O)C1C(=O)c2ccccc2N(Cc2cccc(Br)n2)C1C. The molecule has 2 heterocycles. The van der Waals surface area contributed by atoms with Crippen LogP contribution in [0.15, 0.2) is 47.1 Å². The molecular formula is C19H20BrN3O3. The number of para-hydroxylation sites is 1. The van der Waals surface area contributed by atoms with Crippen molar-refractivity contribution in [2.75, 3.05) is 19.1 Å². The quantitative estimate of drug-likeness (QED) is 0.434. The molecule has 0 radical (unpaired) electrons. The summed E-state index contributed by atoms with van der Waals surface area (Å²) in [5.74, 6) is -1.37. The third-order valence-electron chi connectivity index (χ3n) is 4.69. The molecule has 26 heavy (non-hydrogen) atoms. The number of anilines is 1. The Morgan fingerprint density at radius 1 is 1.27 bits per heavy atom. The first kappa shape index (κ1) is 18.5. The second-order valence-corrected chi connectivity index (χ2v) is 7.01. The summed E-state index contributed by atoms with van der Waals surface area (Å²) in [4.78, 5) is 37.3. The second-order valence-electron chi connectivity index (χ2n) is 6.20. The standard InChI is InChI=1S/C19H20BrN3O3/c1-12-17(19(25)22(2)26-3)18(24)14-8-4-5-9-15(14)23(12)11-13-7-6-10-16(20)21-13/h4-10,12,17H,11H2,1-3H3. The maximum absolute atomic E-state index is 13.0. The van der Waals surface area contributed by atoms with Gasteiger partial charge < -0.3 is 4.90 Å². The minimum atomic E-state index is -0.831. The lowest BCUT2D eigenvalue weighted by Gasteiger charge is -2.41. The van der Waals surface area contributed by atoms with E-state index in [0.717, 1.165) is 21.0 Å². The first-order valence-corrected chi connectivity index (χ1v) is 9.06. The molecule has 0 bridgehead atoms. The second kappa shape index (κ2) is 7.55. The molecule has 2 aromatic rings. The molecule has 1 amide bonds. The molecule has 7 heteroatoms. The van der Waals surface area contributed by atoms with Crippen LogP contribution in [0.1, 0.15) is 23.0 Å². The molecule has 136 valence electrons. The summed E-state index contributed by atoms with van der Waals surface area (Å²) in [6.07, 6.45) is 0. The number of benzene rings is 1. The predicted octanol–water partition coefficient (Wildman–Crippen LogP) is 3.07. The van der Waals surface area contributed by atoms with Crippen LogP contribution in [0.4, 0.5) is 5.69 Å². The zero-order valence-corrected chi connectivity index (χ0v) is 16.4. The van der Waals surface area contributed by atoms with Crippen LogP contribution < -0.4 is 4.90 Å². The molecule has 6 nitrogen and oxygen atoms in total. The van der Waals surface area contributed by atoms with Gasteiger partial charge in [-0.3, -0.25) is 14.4 Å². The summed E-state index contributed by atoms with van der Waals surface area (Å²) in [7, 11) is 2.93. The van der Waals surface area contributed by atoms with E-state index in [1.807, 2.05) is 43.3 Å². The molecule has 1 aliphatic heterocycles. The minimum absolute atomic E-state index is 0.180. The summed E-state index contributed by atoms with van der Waals surface area (Å²) in [5.41, 5.74) is 2.21. The van der Waals surface area contributed by atoms with E-state index in [-0.39, 0.29) is 17.7 Å². The number of fused-ring (bicyclic) bond motifs is 1. The highest BCUT2D eigenvalue weighted by molar-refractivity contribution is 9.10. The van der Waals surface area contributed by atoms with Gasteiger partial charge in [0.05, 0.1) is 19.3 Å². The number of amides is 1. The number of hydroxylamine groups is 2. The Kier molecular flexibility index (Phi) is 5.38. The fourth-order valence-electron chi connectivity index (χ4n) is 3.26. The number of carbonyl (C=O) groups excluding carboxylic acids is 2. The van der Waals surface area contributed by atoms with Crippen LogP contribution in [-0.2, 0) is 16.2 Å². The van der Waals surface area contributed by atoms with Crippen molar-refractivity contribution in [2.24, 2.45) is 5.92 Å². The normalized spacial score (nSPS) is 19.2. The van der Waals surface area contributed by atoms with Crippen LogP contribution in [0.3, 0.4) is 0 Å². The maximum Gasteiger partial charge on any atom is 0.258 e.